The number of pyridine rings is 1. The lowest BCUT2D eigenvalue weighted by atomic mass is 9.81. The smallest absolute Gasteiger partial charge is 0.410 e. The maximum absolute atomic E-state index is 13.5. The maximum atomic E-state index is 13.5. The molecule has 0 N–H and O–H groups in total. The molecular weight excluding hydrogens is 379 g/mol. The van der Waals surface area contributed by atoms with Crippen LogP contribution in [0.4, 0.5) is 9.18 Å². The molecule has 0 bridgehead atoms. The molecule has 2 aliphatic rings. The fourth-order valence-corrected chi connectivity index (χ4v) is 4.36. The van der Waals surface area contributed by atoms with E-state index in [1.165, 1.54) is 17.7 Å². The third kappa shape index (κ3) is 3.47. The summed E-state index contributed by atoms with van der Waals surface area (Å²) in [7, 11) is 0. The van der Waals surface area contributed by atoms with E-state index in [0.717, 1.165) is 28.8 Å². The summed E-state index contributed by atoms with van der Waals surface area (Å²) in [5, 5.41) is 0. The van der Waals surface area contributed by atoms with E-state index in [2.05, 4.69) is 23.2 Å². The number of benzene rings is 2. The second-order valence-corrected chi connectivity index (χ2v) is 7.67. The molecule has 0 aliphatic carbocycles. The van der Waals surface area contributed by atoms with Crippen molar-refractivity contribution >= 4 is 12.2 Å². The number of amides is 1. The number of carbonyl (C=O) groups excluding carboxylic acids is 1. The number of aromatic nitrogens is 1. The van der Waals surface area contributed by atoms with Gasteiger partial charge in [-0.15, -0.1) is 0 Å². The van der Waals surface area contributed by atoms with Crippen LogP contribution in [0.15, 0.2) is 72.9 Å². The molecule has 0 spiro atoms. The van der Waals surface area contributed by atoms with Gasteiger partial charge < -0.3 is 4.74 Å². The predicted molar refractivity (Wildman–Crippen MR) is 113 cm³/mol. The number of nitrogens with zero attached hydrogens (tertiary/aromatic N) is 2. The van der Waals surface area contributed by atoms with Crippen LogP contribution in [0.3, 0.4) is 0 Å². The number of fused-ring (bicyclic) bond motifs is 2. The van der Waals surface area contributed by atoms with E-state index in [1.54, 1.807) is 12.3 Å². The fraction of sp³-hybridized carbons (Fsp3) is 0.200. The average Bonchev–Trinajstić information content (AvgIpc) is 2.78. The van der Waals surface area contributed by atoms with Gasteiger partial charge >= 0.3 is 6.09 Å². The predicted octanol–water partition coefficient (Wildman–Crippen LogP) is 5.41. The topological polar surface area (TPSA) is 42.4 Å². The van der Waals surface area contributed by atoms with E-state index < -0.39 is 0 Å². The molecule has 5 rings (SSSR count). The molecule has 30 heavy (non-hydrogen) atoms. The highest BCUT2D eigenvalue weighted by Crippen LogP contribution is 2.38. The normalized spacial score (nSPS) is 20.6. The molecule has 1 fully saturated rings. The molecule has 1 unspecified atom stereocenters. The Morgan fingerprint density at radius 1 is 1.10 bits per heavy atom. The summed E-state index contributed by atoms with van der Waals surface area (Å²) in [6.45, 7) is 1.05. The highest BCUT2D eigenvalue weighted by atomic mass is 19.1. The number of hydrogen-bond donors (Lipinski definition) is 0. The zero-order valence-corrected chi connectivity index (χ0v) is 16.4. The van der Waals surface area contributed by atoms with Gasteiger partial charge in [0.15, 0.2) is 0 Å². The van der Waals surface area contributed by atoms with Gasteiger partial charge in [0, 0.05) is 36.7 Å². The Morgan fingerprint density at radius 3 is 2.83 bits per heavy atom. The average molecular weight is 400 g/mol. The Morgan fingerprint density at radius 2 is 2.00 bits per heavy atom. The van der Waals surface area contributed by atoms with Gasteiger partial charge in [0.05, 0.1) is 12.3 Å². The molecule has 4 nitrogen and oxygen atoms in total. The van der Waals surface area contributed by atoms with Crippen molar-refractivity contribution in [1.82, 2.24) is 9.88 Å². The lowest BCUT2D eigenvalue weighted by Crippen LogP contribution is -2.50. The lowest BCUT2D eigenvalue weighted by molar-refractivity contribution is 0.0315. The first-order valence-electron chi connectivity index (χ1n) is 10.1. The number of cyclic esters (lactones) is 1. The lowest BCUT2D eigenvalue weighted by Gasteiger charge is -2.43. The molecule has 150 valence electrons. The molecule has 2 aliphatic heterocycles. The molecule has 2 aromatic carbocycles. The zero-order chi connectivity index (χ0) is 20.5. The molecule has 0 radical (unpaired) electrons. The molecular formula is C25H21FN2O2. The molecule has 0 saturated carbocycles. The first kappa shape index (κ1) is 18.6. The highest BCUT2D eigenvalue weighted by Gasteiger charge is 2.39. The summed E-state index contributed by atoms with van der Waals surface area (Å²) in [6, 6.07) is 18.7. The SMILES string of the molecule is O=C1OCC[C@@H]2C(/C=C/c3ccc(-c4cccc(F)c4)nc3)c3ccccc3CN12. The third-order valence-electron chi connectivity index (χ3n) is 5.85. The summed E-state index contributed by atoms with van der Waals surface area (Å²) in [6.07, 6.45) is 6.57. The van der Waals surface area contributed by atoms with Gasteiger partial charge in [-0.3, -0.25) is 9.88 Å². The van der Waals surface area contributed by atoms with Crippen LogP contribution in [0.1, 0.15) is 29.0 Å². The zero-order valence-electron chi connectivity index (χ0n) is 16.4. The van der Waals surface area contributed by atoms with Crippen molar-refractivity contribution < 1.29 is 13.9 Å². The third-order valence-corrected chi connectivity index (χ3v) is 5.85. The van der Waals surface area contributed by atoms with Crippen molar-refractivity contribution in [2.75, 3.05) is 6.61 Å². The minimum Gasteiger partial charge on any atom is -0.449 e. The standard InChI is InChI=1S/C25H21FN2O2/c26-20-6-3-5-18(14-20)23-11-9-17(15-27-23)8-10-22-21-7-2-1-4-19(21)16-28-24(22)12-13-30-25(28)29/h1-11,14-15,22,24H,12-13,16H2/b10-8+/t22?,24-/m1/s1. The van der Waals surface area contributed by atoms with Crippen LogP contribution >= 0.6 is 0 Å². The molecule has 5 heteroatoms. The van der Waals surface area contributed by atoms with Crippen LogP contribution in [0.2, 0.25) is 0 Å². The largest absolute Gasteiger partial charge is 0.449 e. The van der Waals surface area contributed by atoms with Crippen LogP contribution < -0.4 is 0 Å². The van der Waals surface area contributed by atoms with E-state index >= 15 is 0 Å². The highest BCUT2D eigenvalue weighted by molar-refractivity contribution is 5.70. The minimum absolute atomic E-state index is 0.0944. The summed E-state index contributed by atoms with van der Waals surface area (Å²) in [5.74, 6) is -0.171. The maximum Gasteiger partial charge on any atom is 0.410 e. The number of ether oxygens (including phenoxy) is 1. The van der Waals surface area contributed by atoms with Crippen LogP contribution in [0.5, 0.6) is 0 Å². The second kappa shape index (κ2) is 7.75. The Kier molecular flexibility index (Phi) is 4.79. The van der Waals surface area contributed by atoms with Gasteiger partial charge in [0.25, 0.3) is 0 Å². The van der Waals surface area contributed by atoms with E-state index in [9.17, 15) is 9.18 Å². The van der Waals surface area contributed by atoms with E-state index in [4.69, 9.17) is 4.74 Å². The first-order valence-corrected chi connectivity index (χ1v) is 10.1. The molecule has 1 amide bonds. The minimum atomic E-state index is -0.273. The van der Waals surface area contributed by atoms with Gasteiger partial charge in [-0.25, -0.2) is 9.18 Å². The fourth-order valence-electron chi connectivity index (χ4n) is 4.36. The number of hydrogen-bond acceptors (Lipinski definition) is 3. The van der Waals surface area contributed by atoms with Crippen LogP contribution in [0, 0.1) is 5.82 Å². The van der Waals surface area contributed by atoms with Crippen LogP contribution in [-0.2, 0) is 11.3 Å². The van der Waals surface area contributed by atoms with Crippen molar-refractivity contribution in [2.24, 2.45) is 0 Å². The molecule has 3 heterocycles. The molecule has 2 atom stereocenters. The monoisotopic (exact) mass is 400 g/mol. The van der Waals surface area contributed by atoms with Crippen molar-refractivity contribution in [3.05, 3.63) is 95.4 Å². The summed E-state index contributed by atoms with van der Waals surface area (Å²) < 4.78 is 18.7. The Bertz CT molecular complexity index is 1110. The van der Waals surface area contributed by atoms with E-state index in [-0.39, 0.29) is 23.9 Å². The number of rotatable bonds is 3. The molecule has 1 saturated heterocycles. The molecule has 1 aromatic heterocycles. The summed E-state index contributed by atoms with van der Waals surface area (Å²) in [4.78, 5) is 18.6. The Hall–Kier alpha value is -3.47. The first-order chi connectivity index (χ1) is 14.7. The van der Waals surface area contributed by atoms with Gasteiger partial charge in [-0.1, -0.05) is 54.6 Å². The van der Waals surface area contributed by atoms with Crippen molar-refractivity contribution in [3.8, 4) is 11.3 Å². The summed E-state index contributed by atoms with van der Waals surface area (Å²) in [5.41, 5.74) is 4.86. The van der Waals surface area contributed by atoms with E-state index in [0.29, 0.717) is 13.2 Å². The van der Waals surface area contributed by atoms with Crippen molar-refractivity contribution in [2.45, 2.75) is 24.9 Å². The number of halogens is 1. The van der Waals surface area contributed by atoms with Crippen LogP contribution in [-0.4, -0.2) is 28.6 Å². The van der Waals surface area contributed by atoms with Gasteiger partial charge in [-0.2, -0.15) is 0 Å². The van der Waals surface area contributed by atoms with Gasteiger partial charge in [0.1, 0.15) is 5.82 Å². The van der Waals surface area contributed by atoms with Crippen LogP contribution in [0.25, 0.3) is 17.3 Å². The Balaban J connectivity index is 1.43. The van der Waals surface area contributed by atoms with Gasteiger partial charge in [-0.05, 0) is 34.9 Å². The second-order valence-electron chi connectivity index (χ2n) is 7.67. The van der Waals surface area contributed by atoms with Gasteiger partial charge in [0.2, 0.25) is 0 Å². The molecule has 3 aromatic rings. The Labute approximate surface area is 174 Å². The summed E-state index contributed by atoms with van der Waals surface area (Å²) >= 11 is 0. The van der Waals surface area contributed by atoms with Crippen molar-refractivity contribution in [1.29, 1.82) is 0 Å². The van der Waals surface area contributed by atoms with E-state index in [1.807, 2.05) is 41.3 Å². The quantitative estimate of drug-likeness (QED) is 0.590. The number of carbonyl (C=O) groups is 1. The van der Waals surface area contributed by atoms with Crippen molar-refractivity contribution in [3.63, 3.8) is 0 Å².